The van der Waals surface area contributed by atoms with E-state index in [2.05, 4.69) is 62.1 Å². The summed E-state index contributed by atoms with van der Waals surface area (Å²) in [6.07, 6.45) is 6.18. The van der Waals surface area contributed by atoms with Gasteiger partial charge in [-0.05, 0) is 63.3 Å². The highest BCUT2D eigenvalue weighted by molar-refractivity contribution is 5.99. The van der Waals surface area contributed by atoms with Gasteiger partial charge in [0, 0.05) is 36.6 Å². The fourth-order valence-electron chi connectivity index (χ4n) is 4.88. The Morgan fingerprint density at radius 1 is 1.10 bits per heavy atom. The standard InChI is InChI=1S/C29H32N8O3/c1-5-26(38)32-19-7-6-8-22(15-19)37-27(39)18-30-24-17-31-29(34-28(24)37)33-23-10-9-21(16-25(23)40-4)36-13-11-20(12-14-36)35(2)3/h5-10,15-18,20H,1,11-14H2,2-4H3,(H,32,38)(H,31,33,34). The second-order valence-electron chi connectivity index (χ2n) is 9.77. The summed E-state index contributed by atoms with van der Waals surface area (Å²) < 4.78 is 7.13. The number of carbonyl (C=O) groups is 1. The highest BCUT2D eigenvalue weighted by Crippen LogP contribution is 2.33. The third-order valence-electron chi connectivity index (χ3n) is 7.05. The molecule has 0 bridgehead atoms. The minimum atomic E-state index is -0.371. The van der Waals surface area contributed by atoms with Crippen molar-refractivity contribution in [3.05, 3.63) is 77.9 Å². The number of benzene rings is 2. The van der Waals surface area contributed by atoms with Gasteiger partial charge >= 0.3 is 0 Å². The van der Waals surface area contributed by atoms with Crippen LogP contribution in [-0.2, 0) is 4.79 Å². The van der Waals surface area contributed by atoms with Crippen LogP contribution in [0.5, 0.6) is 5.75 Å². The van der Waals surface area contributed by atoms with Gasteiger partial charge in [0.15, 0.2) is 5.65 Å². The molecule has 0 unspecified atom stereocenters. The maximum Gasteiger partial charge on any atom is 0.275 e. The summed E-state index contributed by atoms with van der Waals surface area (Å²) in [5.41, 5.74) is 3.21. The van der Waals surface area contributed by atoms with Crippen molar-refractivity contribution in [2.24, 2.45) is 0 Å². The highest BCUT2D eigenvalue weighted by Gasteiger charge is 2.21. The molecule has 1 amide bonds. The molecular weight excluding hydrogens is 508 g/mol. The van der Waals surface area contributed by atoms with Crippen molar-refractivity contribution in [2.45, 2.75) is 18.9 Å². The van der Waals surface area contributed by atoms with Crippen LogP contribution in [0.3, 0.4) is 0 Å². The van der Waals surface area contributed by atoms with E-state index in [-0.39, 0.29) is 17.4 Å². The molecule has 0 spiro atoms. The van der Waals surface area contributed by atoms with Crippen LogP contribution in [0.4, 0.5) is 23.0 Å². The Labute approximate surface area is 232 Å². The smallest absolute Gasteiger partial charge is 0.275 e. The molecule has 5 rings (SSSR count). The molecule has 2 aromatic carbocycles. The number of carbonyl (C=O) groups excluding carboxylic acids is 1. The number of fused-ring (bicyclic) bond motifs is 1. The van der Waals surface area contributed by atoms with Crippen LogP contribution in [0.2, 0.25) is 0 Å². The van der Waals surface area contributed by atoms with Crippen LogP contribution in [0.1, 0.15) is 12.8 Å². The minimum Gasteiger partial charge on any atom is -0.494 e. The number of ether oxygens (including phenoxy) is 1. The topological polar surface area (TPSA) is 118 Å². The summed E-state index contributed by atoms with van der Waals surface area (Å²) in [6, 6.07) is 13.5. The number of anilines is 4. The van der Waals surface area contributed by atoms with Crippen molar-refractivity contribution in [1.82, 2.24) is 24.4 Å². The Kier molecular flexibility index (Phi) is 7.74. The molecule has 40 heavy (non-hydrogen) atoms. The highest BCUT2D eigenvalue weighted by atomic mass is 16.5. The van der Waals surface area contributed by atoms with Crippen molar-refractivity contribution >= 4 is 40.1 Å². The molecule has 0 aliphatic carbocycles. The molecule has 206 valence electrons. The summed E-state index contributed by atoms with van der Waals surface area (Å²) in [5.74, 6) is 0.587. The molecule has 1 aliphatic rings. The number of aromatic nitrogens is 4. The van der Waals surface area contributed by atoms with Crippen LogP contribution < -0.4 is 25.8 Å². The number of rotatable bonds is 8. The fourth-order valence-corrected chi connectivity index (χ4v) is 4.88. The third-order valence-corrected chi connectivity index (χ3v) is 7.05. The average Bonchev–Trinajstić information content (AvgIpc) is 2.97. The number of piperidine rings is 1. The SMILES string of the molecule is C=CC(=O)Nc1cccc(-n2c(=O)cnc3cnc(Nc4ccc(N5CCC(N(C)C)CC5)cc4OC)nc32)c1. The van der Waals surface area contributed by atoms with Crippen LogP contribution in [-0.4, -0.2) is 70.7 Å². The van der Waals surface area contributed by atoms with Crippen molar-refractivity contribution in [3.63, 3.8) is 0 Å². The second kappa shape index (κ2) is 11.5. The summed E-state index contributed by atoms with van der Waals surface area (Å²) in [4.78, 5) is 42.6. The van der Waals surface area contributed by atoms with Crippen LogP contribution >= 0.6 is 0 Å². The van der Waals surface area contributed by atoms with Crippen molar-refractivity contribution < 1.29 is 9.53 Å². The summed E-state index contributed by atoms with van der Waals surface area (Å²) in [5, 5.41) is 5.94. The van der Waals surface area contributed by atoms with Gasteiger partial charge in [0.25, 0.3) is 5.56 Å². The zero-order chi connectivity index (χ0) is 28.2. The number of nitrogens with zero attached hydrogens (tertiary/aromatic N) is 6. The molecule has 1 fully saturated rings. The number of hydrogen-bond acceptors (Lipinski definition) is 9. The summed E-state index contributed by atoms with van der Waals surface area (Å²) >= 11 is 0. The number of methoxy groups -OCH3 is 1. The maximum absolute atomic E-state index is 12.9. The van der Waals surface area contributed by atoms with Crippen molar-refractivity contribution in [1.29, 1.82) is 0 Å². The average molecular weight is 541 g/mol. The van der Waals surface area contributed by atoms with E-state index in [0.29, 0.717) is 40.0 Å². The van der Waals surface area contributed by atoms with E-state index in [1.165, 1.54) is 16.8 Å². The molecular formula is C29H32N8O3. The fraction of sp³-hybridized carbons (Fsp3) is 0.276. The number of hydrogen-bond donors (Lipinski definition) is 2. The lowest BCUT2D eigenvalue weighted by atomic mass is 10.0. The minimum absolute atomic E-state index is 0.280. The second-order valence-corrected chi connectivity index (χ2v) is 9.77. The third kappa shape index (κ3) is 5.64. The lowest BCUT2D eigenvalue weighted by Gasteiger charge is -2.36. The molecule has 11 nitrogen and oxygen atoms in total. The van der Waals surface area contributed by atoms with Gasteiger partial charge in [0.2, 0.25) is 11.9 Å². The van der Waals surface area contributed by atoms with Gasteiger partial charge in [-0.1, -0.05) is 12.6 Å². The molecule has 0 radical (unpaired) electrons. The molecule has 2 aromatic heterocycles. The van der Waals surface area contributed by atoms with E-state index >= 15 is 0 Å². The lowest BCUT2D eigenvalue weighted by Crippen LogP contribution is -2.41. The first-order chi connectivity index (χ1) is 19.4. The Hall–Kier alpha value is -4.77. The van der Waals surface area contributed by atoms with E-state index in [4.69, 9.17) is 4.74 Å². The molecule has 1 saturated heterocycles. The molecule has 4 aromatic rings. The molecule has 1 aliphatic heterocycles. The van der Waals surface area contributed by atoms with E-state index < -0.39 is 0 Å². The first kappa shape index (κ1) is 26.8. The molecule has 0 atom stereocenters. The lowest BCUT2D eigenvalue weighted by molar-refractivity contribution is -0.111. The van der Waals surface area contributed by atoms with Crippen LogP contribution in [0.15, 0.2) is 72.3 Å². The zero-order valence-electron chi connectivity index (χ0n) is 22.8. The number of nitrogens with one attached hydrogen (secondary N) is 2. The quantitative estimate of drug-likeness (QED) is 0.323. The van der Waals surface area contributed by atoms with Gasteiger partial charge in [0.1, 0.15) is 11.3 Å². The van der Waals surface area contributed by atoms with E-state index in [1.54, 1.807) is 37.6 Å². The Morgan fingerprint density at radius 3 is 2.62 bits per heavy atom. The predicted molar refractivity (Wildman–Crippen MR) is 157 cm³/mol. The first-order valence-electron chi connectivity index (χ1n) is 13.0. The monoisotopic (exact) mass is 540 g/mol. The molecule has 0 saturated carbocycles. The van der Waals surface area contributed by atoms with Crippen molar-refractivity contribution in [2.75, 3.05) is 49.8 Å². The van der Waals surface area contributed by atoms with E-state index in [1.807, 2.05) is 12.1 Å². The number of amides is 1. The Morgan fingerprint density at radius 2 is 1.90 bits per heavy atom. The summed E-state index contributed by atoms with van der Waals surface area (Å²) in [6.45, 7) is 5.44. The largest absolute Gasteiger partial charge is 0.494 e. The normalized spacial score (nSPS) is 13.8. The van der Waals surface area contributed by atoms with Gasteiger partial charge in [-0.3, -0.25) is 14.2 Å². The van der Waals surface area contributed by atoms with Gasteiger partial charge in [0.05, 0.1) is 30.9 Å². The summed E-state index contributed by atoms with van der Waals surface area (Å²) in [7, 11) is 5.90. The van der Waals surface area contributed by atoms with E-state index in [9.17, 15) is 9.59 Å². The predicted octanol–water partition coefficient (Wildman–Crippen LogP) is 3.58. The molecule has 11 heteroatoms. The molecule has 2 N–H and O–H groups in total. The Bertz CT molecular complexity index is 1610. The van der Waals surface area contributed by atoms with Gasteiger partial charge in [-0.2, -0.15) is 4.98 Å². The van der Waals surface area contributed by atoms with Crippen LogP contribution in [0.25, 0.3) is 16.9 Å². The van der Waals surface area contributed by atoms with Crippen LogP contribution in [0, 0.1) is 0 Å². The van der Waals surface area contributed by atoms with E-state index in [0.717, 1.165) is 31.6 Å². The zero-order valence-corrected chi connectivity index (χ0v) is 22.8. The molecule has 3 heterocycles. The van der Waals surface area contributed by atoms with Crippen molar-refractivity contribution in [3.8, 4) is 11.4 Å². The Balaban J connectivity index is 1.44. The van der Waals surface area contributed by atoms with Gasteiger partial charge in [-0.25, -0.2) is 9.97 Å². The first-order valence-corrected chi connectivity index (χ1v) is 13.0. The van der Waals surface area contributed by atoms with Gasteiger partial charge in [-0.15, -0.1) is 0 Å². The maximum atomic E-state index is 12.9. The van der Waals surface area contributed by atoms with Gasteiger partial charge < -0.3 is 25.2 Å².